The minimum atomic E-state index is -0.526. The van der Waals surface area contributed by atoms with Gasteiger partial charge in [-0.05, 0) is 55.7 Å². The van der Waals surface area contributed by atoms with Crippen molar-refractivity contribution < 1.29 is 14.3 Å². The second-order valence-corrected chi connectivity index (χ2v) is 5.64. The molecule has 2 aromatic carbocycles. The van der Waals surface area contributed by atoms with Crippen LogP contribution >= 0.6 is 0 Å². The van der Waals surface area contributed by atoms with Gasteiger partial charge in [-0.15, -0.1) is 0 Å². The Kier molecular flexibility index (Phi) is 6.67. The van der Waals surface area contributed by atoms with Crippen LogP contribution in [0.15, 0.2) is 48.5 Å². The fraction of sp³-hybridized carbons (Fsp3) is 0.350. The van der Waals surface area contributed by atoms with Crippen molar-refractivity contribution >= 4 is 11.6 Å². The summed E-state index contributed by atoms with van der Waals surface area (Å²) < 4.78 is 11.4. The van der Waals surface area contributed by atoms with E-state index < -0.39 is 6.10 Å². The van der Waals surface area contributed by atoms with Crippen molar-refractivity contribution in [3.63, 3.8) is 0 Å². The first kappa shape index (κ1) is 17.9. The summed E-state index contributed by atoms with van der Waals surface area (Å²) in [6, 6.07) is 15.1. The Hall–Kier alpha value is -2.49. The molecule has 1 amide bonds. The average molecular weight is 327 g/mol. The van der Waals surface area contributed by atoms with Gasteiger partial charge in [-0.2, -0.15) is 0 Å². The van der Waals surface area contributed by atoms with Crippen molar-refractivity contribution in [3.05, 3.63) is 54.1 Å². The molecule has 0 saturated heterocycles. The van der Waals surface area contributed by atoms with Gasteiger partial charge in [0.1, 0.15) is 11.5 Å². The van der Waals surface area contributed by atoms with Crippen LogP contribution in [0.3, 0.4) is 0 Å². The van der Waals surface area contributed by atoms with Crippen LogP contribution in [0.2, 0.25) is 0 Å². The number of anilines is 1. The Labute approximate surface area is 143 Å². The second kappa shape index (κ2) is 8.96. The molecule has 2 aromatic rings. The van der Waals surface area contributed by atoms with Crippen molar-refractivity contribution in [1.29, 1.82) is 0 Å². The summed E-state index contributed by atoms with van der Waals surface area (Å²) in [7, 11) is 0. The van der Waals surface area contributed by atoms with Crippen molar-refractivity contribution in [2.24, 2.45) is 0 Å². The Morgan fingerprint density at radius 2 is 1.79 bits per heavy atom. The average Bonchev–Trinajstić information content (AvgIpc) is 2.60. The van der Waals surface area contributed by atoms with Crippen LogP contribution in [0.4, 0.5) is 5.69 Å². The molecule has 4 nitrogen and oxygen atoms in total. The molecule has 0 aliphatic heterocycles. The van der Waals surface area contributed by atoms with Crippen LogP contribution in [0.1, 0.15) is 32.3 Å². The first-order valence-corrected chi connectivity index (χ1v) is 8.40. The van der Waals surface area contributed by atoms with Crippen LogP contribution in [-0.2, 0) is 4.79 Å². The molecular weight excluding hydrogens is 302 g/mol. The predicted octanol–water partition coefficient (Wildman–Crippen LogP) is 4.58. The third-order valence-electron chi connectivity index (χ3n) is 3.62. The topological polar surface area (TPSA) is 47.6 Å². The lowest BCUT2D eigenvalue weighted by Gasteiger charge is -2.18. The number of amides is 1. The highest BCUT2D eigenvalue weighted by atomic mass is 16.5. The summed E-state index contributed by atoms with van der Waals surface area (Å²) >= 11 is 0. The molecule has 0 unspecified atom stereocenters. The van der Waals surface area contributed by atoms with Crippen LogP contribution in [-0.4, -0.2) is 18.6 Å². The number of rotatable bonds is 8. The van der Waals surface area contributed by atoms with Crippen molar-refractivity contribution in [1.82, 2.24) is 0 Å². The molecule has 0 aromatic heterocycles. The van der Waals surface area contributed by atoms with Crippen LogP contribution in [0, 0.1) is 6.92 Å². The SMILES string of the molecule is CCCOc1ccc(NC(=O)[C@H](CC)Oc2ccccc2C)cc1. The minimum absolute atomic E-state index is 0.150. The van der Waals surface area contributed by atoms with Crippen LogP contribution in [0.5, 0.6) is 11.5 Å². The summed E-state index contributed by atoms with van der Waals surface area (Å²) in [4.78, 5) is 12.4. The maximum absolute atomic E-state index is 12.4. The predicted molar refractivity (Wildman–Crippen MR) is 96.7 cm³/mol. The fourth-order valence-electron chi connectivity index (χ4n) is 2.24. The van der Waals surface area contributed by atoms with Gasteiger partial charge in [0.15, 0.2) is 6.10 Å². The van der Waals surface area contributed by atoms with E-state index in [2.05, 4.69) is 12.2 Å². The van der Waals surface area contributed by atoms with Crippen molar-refractivity contribution in [2.45, 2.75) is 39.7 Å². The molecule has 0 bridgehead atoms. The van der Waals surface area contributed by atoms with Gasteiger partial charge in [-0.3, -0.25) is 4.79 Å². The van der Waals surface area contributed by atoms with E-state index >= 15 is 0 Å². The number of ether oxygens (including phenoxy) is 2. The molecular formula is C20H25NO3. The number of nitrogens with one attached hydrogen (secondary N) is 1. The fourth-order valence-corrected chi connectivity index (χ4v) is 2.24. The molecule has 1 atom stereocenters. The lowest BCUT2D eigenvalue weighted by atomic mass is 10.2. The van der Waals surface area contributed by atoms with E-state index in [1.54, 1.807) is 0 Å². The summed E-state index contributed by atoms with van der Waals surface area (Å²) in [5.74, 6) is 1.39. The van der Waals surface area contributed by atoms with Crippen LogP contribution < -0.4 is 14.8 Å². The highest BCUT2D eigenvalue weighted by Crippen LogP contribution is 2.20. The number of aryl methyl sites for hydroxylation is 1. The van der Waals surface area contributed by atoms with Gasteiger partial charge in [0, 0.05) is 5.69 Å². The van der Waals surface area contributed by atoms with E-state index in [-0.39, 0.29) is 5.91 Å². The van der Waals surface area contributed by atoms with E-state index in [1.165, 1.54) is 0 Å². The van der Waals surface area contributed by atoms with Gasteiger partial charge in [-0.1, -0.05) is 32.0 Å². The van der Waals surface area contributed by atoms with Gasteiger partial charge in [0.25, 0.3) is 5.91 Å². The molecule has 1 N–H and O–H groups in total. The molecule has 0 radical (unpaired) electrons. The summed E-state index contributed by atoms with van der Waals surface area (Å²) in [5, 5.41) is 2.90. The Morgan fingerprint density at radius 3 is 2.42 bits per heavy atom. The van der Waals surface area contributed by atoms with E-state index in [0.29, 0.717) is 13.0 Å². The van der Waals surface area contributed by atoms with Gasteiger partial charge in [-0.25, -0.2) is 0 Å². The lowest BCUT2D eigenvalue weighted by molar-refractivity contribution is -0.122. The highest BCUT2D eigenvalue weighted by molar-refractivity contribution is 5.94. The Bertz CT molecular complexity index is 652. The van der Waals surface area contributed by atoms with Gasteiger partial charge in [0.2, 0.25) is 0 Å². The standard InChI is InChI=1S/C20H25NO3/c1-4-14-23-17-12-10-16(11-13-17)21-20(22)18(5-2)24-19-9-7-6-8-15(19)3/h6-13,18H,4-5,14H2,1-3H3,(H,21,22)/t18-/m0/s1. The zero-order valence-corrected chi connectivity index (χ0v) is 14.5. The first-order valence-electron chi connectivity index (χ1n) is 8.40. The number of hydrogen-bond acceptors (Lipinski definition) is 3. The van der Waals surface area contributed by atoms with E-state index in [0.717, 1.165) is 29.2 Å². The second-order valence-electron chi connectivity index (χ2n) is 5.64. The molecule has 0 saturated carbocycles. The van der Waals surface area contributed by atoms with E-state index in [4.69, 9.17) is 9.47 Å². The molecule has 24 heavy (non-hydrogen) atoms. The monoisotopic (exact) mass is 327 g/mol. The third kappa shape index (κ3) is 5.01. The maximum atomic E-state index is 12.4. The van der Waals surface area contributed by atoms with Crippen LogP contribution in [0.25, 0.3) is 0 Å². The number of hydrogen-bond donors (Lipinski definition) is 1. The molecule has 0 fully saturated rings. The summed E-state index contributed by atoms with van der Waals surface area (Å²) in [6.45, 7) is 6.65. The highest BCUT2D eigenvalue weighted by Gasteiger charge is 2.19. The van der Waals surface area contributed by atoms with E-state index in [1.807, 2.05) is 62.4 Å². The Balaban J connectivity index is 1.97. The lowest BCUT2D eigenvalue weighted by Crippen LogP contribution is -2.32. The molecule has 0 aliphatic carbocycles. The van der Waals surface area contributed by atoms with Gasteiger partial charge in [0.05, 0.1) is 6.61 Å². The number of benzene rings is 2. The third-order valence-corrected chi connectivity index (χ3v) is 3.62. The molecule has 128 valence electrons. The number of para-hydroxylation sites is 1. The van der Waals surface area contributed by atoms with Crippen molar-refractivity contribution in [3.8, 4) is 11.5 Å². The zero-order chi connectivity index (χ0) is 17.4. The smallest absolute Gasteiger partial charge is 0.265 e. The normalized spacial score (nSPS) is 11.6. The molecule has 0 aliphatic rings. The molecule has 0 spiro atoms. The maximum Gasteiger partial charge on any atom is 0.265 e. The van der Waals surface area contributed by atoms with Gasteiger partial charge >= 0.3 is 0 Å². The molecule has 4 heteroatoms. The summed E-state index contributed by atoms with van der Waals surface area (Å²) in [6.07, 6.45) is 1.03. The largest absolute Gasteiger partial charge is 0.494 e. The van der Waals surface area contributed by atoms with E-state index in [9.17, 15) is 4.79 Å². The number of carbonyl (C=O) groups is 1. The first-order chi connectivity index (χ1) is 11.6. The Morgan fingerprint density at radius 1 is 1.08 bits per heavy atom. The quantitative estimate of drug-likeness (QED) is 0.772. The summed E-state index contributed by atoms with van der Waals surface area (Å²) in [5.41, 5.74) is 1.75. The molecule has 0 heterocycles. The molecule has 2 rings (SSSR count). The van der Waals surface area contributed by atoms with Crippen molar-refractivity contribution in [2.75, 3.05) is 11.9 Å². The number of carbonyl (C=O) groups excluding carboxylic acids is 1. The zero-order valence-electron chi connectivity index (χ0n) is 14.5. The van der Waals surface area contributed by atoms with Gasteiger partial charge < -0.3 is 14.8 Å². The minimum Gasteiger partial charge on any atom is -0.494 e.